The average Bonchev–Trinajstić information content (AvgIpc) is 3.10. The largest absolute Gasteiger partial charge is 0.349 e. The lowest BCUT2D eigenvalue weighted by Crippen LogP contribution is -2.36. The predicted octanol–water partition coefficient (Wildman–Crippen LogP) is 7.50. The maximum atomic E-state index is 13.5. The third-order valence-corrected chi connectivity index (χ3v) is 8.07. The Morgan fingerprint density at radius 3 is 2.04 bits per heavy atom. The van der Waals surface area contributed by atoms with Crippen molar-refractivity contribution in [3.8, 4) is 22.5 Å². The molecule has 8 nitrogen and oxygen atoms in total. The molecule has 0 aliphatic heterocycles. The molecule has 0 spiro atoms. The number of rotatable bonds is 9. The van der Waals surface area contributed by atoms with E-state index in [1.54, 1.807) is 29.7 Å². The van der Waals surface area contributed by atoms with Gasteiger partial charge in [-0.25, -0.2) is 14.8 Å². The fourth-order valence-electron chi connectivity index (χ4n) is 5.58. The van der Waals surface area contributed by atoms with Gasteiger partial charge < -0.3 is 15.5 Å². The van der Waals surface area contributed by atoms with E-state index in [1.807, 2.05) is 78.9 Å². The molecule has 0 atom stereocenters. The Morgan fingerprint density at radius 2 is 1.36 bits per heavy atom. The Labute approximate surface area is 263 Å². The molecule has 3 amide bonds. The van der Waals surface area contributed by atoms with Crippen LogP contribution in [-0.4, -0.2) is 37.8 Å². The molecule has 1 aliphatic carbocycles. The van der Waals surface area contributed by atoms with E-state index in [1.165, 1.54) is 6.42 Å². The highest BCUT2D eigenvalue weighted by atomic mass is 16.2. The lowest BCUT2D eigenvalue weighted by atomic mass is 9.95. The van der Waals surface area contributed by atoms with Crippen molar-refractivity contribution in [1.82, 2.24) is 25.2 Å². The van der Waals surface area contributed by atoms with E-state index in [-0.39, 0.29) is 18.0 Å². The fourth-order valence-corrected chi connectivity index (χ4v) is 5.58. The van der Waals surface area contributed by atoms with Gasteiger partial charge in [0.1, 0.15) is 0 Å². The van der Waals surface area contributed by atoms with Crippen molar-refractivity contribution < 1.29 is 9.59 Å². The molecular formula is C37H36N6O2. The minimum atomic E-state index is -0.208. The molecule has 2 aromatic heterocycles. The van der Waals surface area contributed by atoms with Crippen LogP contribution < -0.4 is 10.6 Å². The number of anilines is 1. The first-order valence-electron chi connectivity index (χ1n) is 15.4. The number of carbonyl (C=O) groups is 2. The molecule has 6 rings (SSSR count). The minimum Gasteiger partial charge on any atom is -0.349 e. The number of carbonyl (C=O) groups excluding carboxylic acids is 2. The highest BCUT2D eigenvalue weighted by Crippen LogP contribution is 2.23. The van der Waals surface area contributed by atoms with E-state index in [4.69, 9.17) is 0 Å². The molecule has 1 saturated carbocycles. The van der Waals surface area contributed by atoms with Gasteiger partial charge in [-0.1, -0.05) is 92.1 Å². The number of amides is 3. The Hall–Kier alpha value is -5.37. The number of hydrogen-bond acceptors (Lipinski definition) is 5. The van der Waals surface area contributed by atoms with Crippen molar-refractivity contribution in [3.63, 3.8) is 0 Å². The van der Waals surface area contributed by atoms with Crippen LogP contribution >= 0.6 is 0 Å². The van der Waals surface area contributed by atoms with Gasteiger partial charge in [0, 0.05) is 55.2 Å². The van der Waals surface area contributed by atoms with E-state index in [2.05, 4.69) is 37.7 Å². The normalized spacial score (nSPS) is 13.2. The van der Waals surface area contributed by atoms with Crippen LogP contribution in [-0.2, 0) is 13.1 Å². The number of benzene rings is 3. The van der Waals surface area contributed by atoms with Crippen LogP contribution in [0.15, 0.2) is 116 Å². The molecule has 2 N–H and O–H groups in total. The standard InChI is InChI=1S/C37H36N6O2/c44-36(41-33-11-5-2-6-12-33)32-23-39-35(40-24-32)31-15-13-27(14-16-31)25-43(26-28-8-7-21-38-22-28)37(45)42-34-19-17-30(18-20-34)29-9-3-1-4-10-29/h1,3-4,7-10,13-24,33H,2,5-6,11-12,25-26H2,(H,41,44)(H,42,45). The van der Waals surface area contributed by atoms with E-state index in [0.717, 1.165) is 59.2 Å². The summed E-state index contributed by atoms with van der Waals surface area (Å²) in [5.41, 5.74) is 6.12. The van der Waals surface area contributed by atoms with Crippen molar-refractivity contribution in [2.24, 2.45) is 0 Å². The van der Waals surface area contributed by atoms with Crippen LogP contribution in [0, 0.1) is 0 Å². The number of pyridine rings is 1. The quantitative estimate of drug-likeness (QED) is 0.184. The molecule has 1 fully saturated rings. The van der Waals surface area contributed by atoms with Gasteiger partial charge in [-0.2, -0.15) is 0 Å². The summed E-state index contributed by atoms with van der Waals surface area (Å²) in [5.74, 6) is 0.419. The van der Waals surface area contributed by atoms with Gasteiger partial charge in [0.05, 0.1) is 5.56 Å². The molecule has 2 heterocycles. The van der Waals surface area contributed by atoms with Crippen molar-refractivity contribution in [3.05, 3.63) is 132 Å². The number of urea groups is 1. The summed E-state index contributed by atoms with van der Waals surface area (Å²) in [4.78, 5) is 41.1. The lowest BCUT2D eigenvalue weighted by Gasteiger charge is -2.23. The summed E-state index contributed by atoms with van der Waals surface area (Å²) in [6.07, 6.45) is 12.3. The topological polar surface area (TPSA) is 100 Å². The number of nitrogens with one attached hydrogen (secondary N) is 2. The predicted molar refractivity (Wildman–Crippen MR) is 176 cm³/mol. The zero-order chi connectivity index (χ0) is 30.8. The summed E-state index contributed by atoms with van der Waals surface area (Å²) < 4.78 is 0. The molecule has 3 aromatic carbocycles. The third-order valence-electron chi connectivity index (χ3n) is 8.07. The van der Waals surface area contributed by atoms with Crippen LogP contribution in [0.1, 0.15) is 53.6 Å². The van der Waals surface area contributed by atoms with Crippen LogP contribution in [0.25, 0.3) is 22.5 Å². The van der Waals surface area contributed by atoms with Gasteiger partial charge in [0.25, 0.3) is 5.91 Å². The zero-order valence-corrected chi connectivity index (χ0v) is 25.1. The van der Waals surface area contributed by atoms with Crippen molar-refractivity contribution >= 4 is 17.6 Å². The summed E-state index contributed by atoms with van der Waals surface area (Å²) in [6, 6.07) is 29.7. The number of aromatic nitrogens is 3. The van der Waals surface area contributed by atoms with Gasteiger partial charge in [-0.15, -0.1) is 0 Å². The lowest BCUT2D eigenvalue weighted by molar-refractivity contribution is 0.0927. The zero-order valence-electron chi connectivity index (χ0n) is 25.1. The van der Waals surface area contributed by atoms with Gasteiger partial charge in [0.2, 0.25) is 0 Å². The molecule has 226 valence electrons. The summed E-state index contributed by atoms with van der Waals surface area (Å²) in [5, 5.41) is 6.16. The van der Waals surface area contributed by atoms with Gasteiger partial charge in [-0.3, -0.25) is 9.78 Å². The van der Waals surface area contributed by atoms with Crippen molar-refractivity contribution in [2.75, 3.05) is 5.32 Å². The molecule has 0 radical (unpaired) electrons. The molecule has 5 aromatic rings. The van der Waals surface area contributed by atoms with E-state index in [0.29, 0.717) is 24.5 Å². The summed E-state index contributed by atoms with van der Waals surface area (Å²) in [7, 11) is 0. The first-order valence-corrected chi connectivity index (χ1v) is 15.4. The Balaban J connectivity index is 1.12. The average molecular weight is 597 g/mol. The van der Waals surface area contributed by atoms with Crippen LogP contribution in [0.5, 0.6) is 0 Å². The smallest absolute Gasteiger partial charge is 0.322 e. The second-order valence-electron chi connectivity index (χ2n) is 11.4. The molecule has 0 bridgehead atoms. The summed E-state index contributed by atoms with van der Waals surface area (Å²) >= 11 is 0. The molecule has 45 heavy (non-hydrogen) atoms. The van der Waals surface area contributed by atoms with Crippen molar-refractivity contribution in [1.29, 1.82) is 0 Å². The molecule has 0 saturated heterocycles. The van der Waals surface area contributed by atoms with E-state index < -0.39 is 0 Å². The Bertz CT molecular complexity index is 1690. The first kappa shape index (κ1) is 29.7. The Morgan fingerprint density at radius 1 is 0.689 bits per heavy atom. The number of nitrogens with zero attached hydrogens (tertiary/aromatic N) is 4. The van der Waals surface area contributed by atoms with Crippen molar-refractivity contribution in [2.45, 2.75) is 51.2 Å². The maximum Gasteiger partial charge on any atom is 0.322 e. The second-order valence-corrected chi connectivity index (χ2v) is 11.4. The molecule has 1 aliphatic rings. The highest BCUT2D eigenvalue weighted by Gasteiger charge is 2.18. The highest BCUT2D eigenvalue weighted by molar-refractivity contribution is 5.94. The second kappa shape index (κ2) is 14.4. The minimum absolute atomic E-state index is 0.122. The SMILES string of the molecule is O=C(NC1CCCCC1)c1cnc(-c2ccc(CN(Cc3cccnc3)C(=O)Nc3ccc(-c4ccccc4)cc3)cc2)nc1. The molecule has 0 unspecified atom stereocenters. The molecule has 8 heteroatoms. The van der Waals surface area contributed by atoms with Crippen LogP contribution in [0.3, 0.4) is 0 Å². The third kappa shape index (κ3) is 7.97. The monoisotopic (exact) mass is 596 g/mol. The Kier molecular flexibility index (Phi) is 9.50. The van der Waals surface area contributed by atoms with Crippen LogP contribution in [0.2, 0.25) is 0 Å². The van der Waals surface area contributed by atoms with Gasteiger partial charge in [0.15, 0.2) is 5.82 Å². The maximum absolute atomic E-state index is 13.5. The summed E-state index contributed by atoms with van der Waals surface area (Å²) in [6.45, 7) is 0.793. The van der Waals surface area contributed by atoms with E-state index >= 15 is 0 Å². The number of hydrogen-bond donors (Lipinski definition) is 2. The van der Waals surface area contributed by atoms with Gasteiger partial charge in [-0.05, 0) is 53.3 Å². The van der Waals surface area contributed by atoms with Crippen LogP contribution in [0.4, 0.5) is 10.5 Å². The fraction of sp³-hybridized carbons (Fsp3) is 0.216. The molecular weight excluding hydrogens is 560 g/mol. The first-order chi connectivity index (χ1) is 22.1. The van der Waals surface area contributed by atoms with E-state index in [9.17, 15) is 9.59 Å². The van der Waals surface area contributed by atoms with Gasteiger partial charge >= 0.3 is 6.03 Å².